The van der Waals surface area contributed by atoms with Crippen LogP contribution < -0.4 is 0 Å². The number of carboxylic acid groups (broad SMARTS) is 1. The van der Waals surface area contributed by atoms with Gasteiger partial charge in [0.05, 0.1) is 11.0 Å². The van der Waals surface area contributed by atoms with Crippen molar-refractivity contribution in [1.82, 2.24) is 4.90 Å². The number of amides is 1. The van der Waals surface area contributed by atoms with Crippen LogP contribution in [0.1, 0.15) is 42.5 Å². The van der Waals surface area contributed by atoms with E-state index in [0.717, 1.165) is 25.0 Å². The monoisotopic (exact) mass is 351 g/mol. The van der Waals surface area contributed by atoms with Gasteiger partial charge in [-0.05, 0) is 30.9 Å². The number of likely N-dealkylation sites (tertiary alicyclic amines) is 1. The number of Topliss-reactive ketones (excluding diaryl/α,β-unsaturated/α-hetero) is 1. The Balaban J connectivity index is 1.60. The van der Waals surface area contributed by atoms with Gasteiger partial charge in [0.25, 0.3) is 0 Å². The van der Waals surface area contributed by atoms with Crippen LogP contribution in [0.4, 0.5) is 8.78 Å². The van der Waals surface area contributed by atoms with Gasteiger partial charge in [0.15, 0.2) is 5.78 Å². The lowest BCUT2D eigenvalue weighted by atomic mass is 9.81. The van der Waals surface area contributed by atoms with E-state index >= 15 is 0 Å². The van der Waals surface area contributed by atoms with E-state index in [0.29, 0.717) is 19.0 Å². The minimum Gasteiger partial charge on any atom is -0.481 e. The quantitative estimate of drug-likeness (QED) is 0.828. The smallest absolute Gasteiger partial charge is 0.311 e. The van der Waals surface area contributed by atoms with Gasteiger partial charge in [0.2, 0.25) is 5.91 Å². The number of carbonyl (C=O) groups excluding carboxylic acids is 2. The zero-order valence-electron chi connectivity index (χ0n) is 13.6. The Morgan fingerprint density at radius 3 is 2.64 bits per heavy atom. The van der Waals surface area contributed by atoms with Crippen molar-refractivity contribution in [1.29, 1.82) is 0 Å². The normalized spacial score (nSPS) is 25.0. The van der Waals surface area contributed by atoms with E-state index in [1.807, 2.05) is 0 Å². The van der Waals surface area contributed by atoms with Gasteiger partial charge >= 0.3 is 5.97 Å². The molecule has 0 aromatic heterocycles. The molecule has 0 radical (unpaired) electrons. The van der Waals surface area contributed by atoms with Crippen LogP contribution in [0.25, 0.3) is 0 Å². The Morgan fingerprint density at radius 2 is 2.00 bits per heavy atom. The van der Waals surface area contributed by atoms with Crippen LogP contribution in [-0.4, -0.2) is 40.8 Å². The summed E-state index contributed by atoms with van der Waals surface area (Å²) in [7, 11) is 0. The highest BCUT2D eigenvalue weighted by Crippen LogP contribution is 2.49. The van der Waals surface area contributed by atoms with Crippen molar-refractivity contribution in [3.05, 3.63) is 35.4 Å². The molecule has 7 heteroatoms. The van der Waals surface area contributed by atoms with Crippen molar-refractivity contribution >= 4 is 17.7 Å². The Bertz CT molecular complexity index is 736. The minimum absolute atomic E-state index is 0.0424. The van der Waals surface area contributed by atoms with E-state index in [-0.39, 0.29) is 36.8 Å². The molecule has 1 aliphatic heterocycles. The number of ketones is 1. The Morgan fingerprint density at radius 1 is 1.24 bits per heavy atom. The molecule has 1 amide bonds. The summed E-state index contributed by atoms with van der Waals surface area (Å²) < 4.78 is 26.5. The van der Waals surface area contributed by atoms with Crippen molar-refractivity contribution in [3.63, 3.8) is 0 Å². The summed E-state index contributed by atoms with van der Waals surface area (Å²) in [5.41, 5.74) is -1.10. The first-order valence-corrected chi connectivity index (χ1v) is 8.33. The zero-order chi connectivity index (χ0) is 18.2. The van der Waals surface area contributed by atoms with E-state index in [1.54, 1.807) is 0 Å². The molecule has 1 N–H and O–H groups in total. The number of carbonyl (C=O) groups is 3. The standard InChI is InChI=1S/C18H19F2NO4/c19-12-3-4-13(14(20)8-12)15(22)5-6-16(23)21-9-11-2-1-7-18(11,10-21)17(24)25/h3-4,8,11H,1-2,5-7,9-10H2,(H,24,25)/t11-,18+/m0/s1. The topological polar surface area (TPSA) is 74.7 Å². The number of carboxylic acids is 1. The molecule has 2 fully saturated rings. The first-order chi connectivity index (χ1) is 11.8. The second-order valence-corrected chi connectivity index (χ2v) is 6.87. The molecule has 0 spiro atoms. The second kappa shape index (κ2) is 6.54. The van der Waals surface area contributed by atoms with Gasteiger partial charge in [0, 0.05) is 32.0 Å². The molecular formula is C18H19F2NO4. The molecule has 0 unspecified atom stereocenters. The molecule has 1 aliphatic carbocycles. The van der Waals surface area contributed by atoms with Gasteiger partial charge < -0.3 is 10.0 Å². The van der Waals surface area contributed by atoms with E-state index in [1.165, 1.54) is 4.90 Å². The van der Waals surface area contributed by atoms with Crippen molar-refractivity contribution < 1.29 is 28.3 Å². The molecule has 2 atom stereocenters. The van der Waals surface area contributed by atoms with Crippen molar-refractivity contribution in [2.75, 3.05) is 13.1 Å². The van der Waals surface area contributed by atoms with Crippen LogP contribution in [0.5, 0.6) is 0 Å². The van der Waals surface area contributed by atoms with Gasteiger partial charge in [-0.15, -0.1) is 0 Å². The molecule has 1 saturated heterocycles. The Labute approximate surface area is 143 Å². The number of nitrogens with zero attached hydrogens (tertiary/aromatic N) is 1. The van der Waals surface area contributed by atoms with Gasteiger partial charge in [-0.1, -0.05) is 6.42 Å². The van der Waals surface area contributed by atoms with E-state index in [4.69, 9.17) is 0 Å². The average molecular weight is 351 g/mol. The number of hydrogen-bond acceptors (Lipinski definition) is 3. The molecule has 2 aliphatic rings. The van der Waals surface area contributed by atoms with Crippen molar-refractivity contribution in [3.8, 4) is 0 Å². The van der Waals surface area contributed by atoms with Crippen molar-refractivity contribution in [2.24, 2.45) is 11.3 Å². The van der Waals surface area contributed by atoms with Crippen LogP contribution in [0.3, 0.4) is 0 Å². The lowest BCUT2D eigenvalue weighted by Gasteiger charge is -2.23. The molecule has 0 bridgehead atoms. The largest absolute Gasteiger partial charge is 0.481 e. The van der Waals surface area contributed by atoms with E-state index < -0.39 is 28.8 Å². The molecular weight excluding hydrogens is 332 g/mol. The zero-order valence-corrected chi connectivity index (χ0v) is 13.6. The van der Waals surface area contributed by atoms with E-state index in [9.17, 15) is 28.3 Å². The number of benzene rings is 1. The predicted molar refractivity (Wildman–Crippen MR) is 83.9 cm³/mol. The number of fused-ring (bicyclic) bond motifs is 1. The third-order valence-corrected chi connectivity index (χ3v) is 5.45. The number of hydrogen-bond donors (Lipinski definition) is 1. The maximum atomic E-state index is 13.6. The van der Waals surface area contributed by atoms with Crippen LogP contribution >= 0.6 is 0 Å². The molecule has 1 saturated carbocycles. The summed E-state index contributed by atoms with van der Waals surface area (Å²) in [5, 5.41) is 9.53. The summed E-state index contributed by atoms with van der Waals surface area (Å²) in [4.78, 5) is 37.5. The lowest BCUT2D eigenvalue weighted by molar-refractivity contribution is -0.149. The van der Waals surface area contributed by atoms with Gasteiger partial charge in [-0.2, -0.15) is 0 Å². The summed E-state index contributed by atoms with van der Waals surface area (Å²) in [6.07, 6.45) is 1.90. The summed E-state index contributed by atoms with van der Waals surface area (Å²) >= 11 is 0. The minimum atomic E-state index is -0.946. The van der Waals surface area contributed by atoms with Crippen LogP contribution in [0.2, 0.25) is 0 Å². The highest BCUT2D eigenvalue weighted by atomic mass is 19.1. The number of aliphatic carboxylic acids is 1. The fraction of sp³-hybridized carbons (Fsp3) is 0.500. The summed E-state index contributed by atoms with van der Waals surface area (Å²) in [6.45, 7) is 0.565. The highest BCUT2D eigenvalue weighted by Gasteiger charge is 2.55. The number of halogens is 2. The average Bonchev–Trinajstić information content (AvgIpc) is 3.10. The first-order valence-electron chi connectivity index (χ1n) is 8.33. The summed E-state index contributed by atoms with van der Waals surface area (Å²) in [6, 6.07) is 2.70. The van der Waals surface area contributed by atoms with E-state index in [2.05, 4.69) is 0 Å². The molecule has 3 rings (SSSR count). The van der Waals surface area contributed by atoms with Crippen LogP contribution in [0, 0.1) is 23.0 Å². The Hall–Kier alpha value is -2.31. The predicted octanol–water partition coefficient (Wildman–Crippen LogP) is 2.64. The van der Waals surface area contributed by atoms with Crippen LogP contribution in [0.15, 0.2) is 18.2 Å². The molecule has 25 heavy (non-hydrogen) atoms. The van der Waals surface area contributed by atoms with Gasteiger partial charge in [-0.25, -0.2) is 8.78 Å². The number of rotatable bonds is 5. The SMILES string of the molecule is O=C(CCC(=O)N1C[C@@H]2CCC[C@@]2(C(=O)O)C1)c1ccc(F)cc1F. The van der Waals surface area contributed by atoms with Crippen molar-refractivity contribution in [2.45, 2.75) is 32.1 Å². The summed E-state index contributed by atoms with van der Waals surface area (Å²) in [5.74, 6) is -3.50. The highest BCUT2D eigenvalue weighted by molar-refractivity contribution is 5.98. The third-order valence-electron chi connectivity index (χ3n) is 5.45. The lowest BCUT2D eigenvalue weighted by Crippen LogP contribution is -2.37. The molecule has 5 nitrogen and oxygen atoms in total. The molecule has 1 aromatic rings. The van der Waals surface area contributed by atoms with Crippen LogP contribution in [-0.2, 0) is 9.59 Å². The fourth-order valence-electron chi connectivity index (χ4n) is 4.06. The van der Waals surface area contributed by atoms with Gasteiger partial charge in [0.1, 0.15) is 11.6 Å². The van der Waals surface area contributed by atoms with Gasteiger partial charge in [-0.3, -0.25) is 14.4 Å². The molecule has 134 valence electrons. The molecule has 1 aromatic carbocycles. The third kappa shape index (κ3) is 3.15. The first kappa shape index (κ1) is 17.5. The maximum Gasteiger partial charge on any atom is 0.311 e. The fourth-order valence-corrected chi connectivity index (χ4v) is 4.06. The molecule has 1 heterocycles. The Kier molecular flexibility index (Phi) is 4.58. The maximum absolute atomic E-state index is 13.6. The second-order valence-electron chi connectivity index (χ2n) is 6.87.